The monoisotopic (exact) mass is 1430 g/mol. The van der Waals surface area contributed by atoms with E-state index in [9.17, 15) is 24.3 Å². The summed E-state index contributed by atoms with van der Waals surface area (Å²) < 4.78 is 118. The van der Waals surface area contributed by atoms with Gasteiger partial charge in [0.05, 0.1) is 51.0 Å². The molecule has 0 radical (unpaired) electrons. The number of halogens is 3. The minimum Gasteiger partial charge on any atom is -0.507 e. The summed E-state index contributed by atoms with van der Waals surface area (Å²) in [5.41, 5.74) is 1.59. The lowest BCUT2D eigenvalue weighted by atomic mass is 9.97. The van der Waals surface area contributed by atoms with Crippen LogP contribution in [0.2, 0.25) is 0 Å². The molecule has 10 atom stereocenters. The standard InChI is InChI=1S/C38H50FNO10.C36H46FNO9.C2H5ClO/c1-23-18-29(39)33(45-21-25-14-16-28(44-10)17-15-25)34-30(48-38(6,7)49-34)13-11-12-26-19-27(40(8)36(42)50-37(3,4)5)20-31(46-22-43-9)32(26)35(41)47-24(23)2;1-21-17-27(37)31(43-20-23-13-15-26(42-9)16-14-23)32-29(45-36(6,7)46-32)12-10-11-24-18-25(38(8)34(41)47-35(3,4)5)19-28(39)30(24)33(40)44-22(21)2;1-4-2-3/h11-12,14-20,23-24,30,33-34H,13,21-22H2,1-10H3;10-11,13-19,21-22,29,31-32,39H,12,20H2,1-9H3;2H2,1H3/b12-11+,29-18+;11-10+,27-17+;/t23-,24+,30+,33-,34+;21-,22+,29+,31-,32+;/m11./s1. The Morgan fingerprint density at radius 3 is 1.36 bits per heavy atom. The van der Waals surface area contributed by atoms with Crippen LogP contribution in [0.1, 0.15) is 153 Å². The number of hydrogen-bond donors (Lipinski definition) is 1. The summed E-state index contributed by atoms with van der Waals surface area (Å²) >= 11 is 4.96. The Kier molecular flexibility index (Phi) is 29.7. The highest BCUT2D eigenvalue weighted by molar-refractivity contribution is 6.17. The SMILES string of the molecule is COCCl.COCOc1cc(N(C)C(=O)OC(C)(C)C)cc2c1C(=O)O[C@@H](C)[C@H](C)/C=C(/F)[C@@H](OCc1ccc(OC)cc1)[C@H]1OC(C)(C)O[C@H]1C/C=C/2.COc1ccc(CO[C@@H]2/C(F)=C\[C@@H](C)[C@H](C)OC(=O)c3c(O)cc(N(C)C(=O)OC(C)(C)C)cc3/C=C/C[C@@H]3OC(C)(C)O[C@@H]32)cc1. The van der Waals surface area contributed by atoms with Crippen molar-refractivity contribution in [3.63, 3.8) is 0 Å². The van der Waals surface area contributed by atoms with Crippen LogP contribution < -0.4 is 24.0 Å². The van der Waals surface area contributed by atoms with Crippen LogP contribution in [-0.2, 0) is 70.1 Å². The molecule has 22 nitrogen and oxygen atoms in total. The first-order chi connectivity index (χ1) is 47.4. The summed E-state index contributed by atoms with van der Waals surface area (Å²) in [7, 11) is 9.24. The summed E-state index contributed by atoms with van der Waals surface area (Å²) in [6.07, 6.45) is 2.24. The topological polar surface area (TPSA) is 233 Å². The van der Waals surface area contributed by atoms with Crippen molar-refractivity contribution in [2.45, 2.75) is 195 Å². The summed E-state index contributed by atoms with van der Waals surface area (Å²) in [6, 6.07) is 21.0. The van der Waals surface area contributed by atoms with Gasteiger partial charge in [0.2, 0.25) is 0 Å². The van der Waals surface area contributed by atoms with Gasteiger partial charge in [-0.25, -0.2) is 28.0 Å². The summed E-state index contributed by atoms with van der Waals surface area (Å²) in [5, 5.41) is 11.1. The molecule has 8 rings (SSSR count). The van der Waals surface area contributed by atoms with E-state index in [2.05, 4.69) is 4.74 Å². The number of esters is 2. The molecule has 0 aliphatic carbocycles. The minimum absolute atomic E-state index is 0.0932. The second kappa shape index (κ2) is 36.5. The second-order valence-corrected chi connectivity index (χ2v) is 27.8. The lowest BCUT2D eigenvalue weighted by Gasteiger charge is -2.27. The molecular weight excluding hydrogens is 1330 g/mol. The smallest absolute Gasteiger partial charge is 0.414 e. The first-order valence-electron chi connectivity index (χ1n) is 33.3. The first-order valence-corrected chi connectivity index (χ1v) is 33.8. The zero-order valence-electron chi connectivity index (χ0n) is 61.6. The summed E-state index contributed by atoms with van der Waals surface area (Å²) in [6.45, 7) is 24.4. The van der Waals surface area contributed by atoms with E-state index in [-0.39, 0.29) is 55.5 Å². The fourth-order valence-electron chi connectivity index (χ4n) is 10.8. The number of phenols is 1. The van der Waals surface area contributed by atoms with E-state index in [0.29, 0.717) is 40.1 Å². The van der Waals surface area contributed by atoms with Crippen molar-refractivity contribution in [1.29, 1.82) is 0 Å². The highest BCUT2D eigenvalue weighted by Gasteiger charge is 2.49. The zero-order chi connectivity index (χ0) is 74.9. The molecule has 0 saturated carbocycles. The summed E-state index contributed by atoms with van der Waals surface area (Å²) in [5.74, 6) is -4.72. The van der Waals surface area contributed by atoms with Gasteiger partial charge in [0, 0.05) is 52.3 Å². The number of cyclic esters (lactones) is 2. The summed E-state index contributed by atoms with van der Waals surface area (Å²) in [4.78, 5) is 55.7. The number of rotatable bonds is 14. The lowest BCUT2D eigenvalue weighted by Crippen LogP contribution is -2.38. The number of anilines is 2. The lowest BCUT2D eigenvalue weighted by molar-refractivity contribution is -0.158. The van der Waals surface area contributed by atoms with E-state index in [0.717, 1.165) is 11.1 Å². The molecule has 4 aliphatic rings. The normalized spacial score (nSPS) is 25.3. The van der Waals surface area contributed by atoms with Crippen LogP contribution in [0.3, 0.4) is 0 Å². The average molecular weight is 1440 g/mol. The van der Waals surface area contributed by atoms with Crippen LogP contribution in [0, 0.1) is 11.8 Å². The maximum atomic E-state index is 16.3. The van der Waals surface area contributed by atoms with Crippen molar-refractivity contribution in [3.05, 3.63) is 142 Å². The third kappa shape index (κ3) is 24.0. The van der Waals surface area contributed by atoms with Crippen molar-refractivity contribution >= 4 is 59.3 Å². The van der Waals surface area contributed by atoms with Gasteiger partial charge in [-0.05, 0) is 167 Å². The van der Waals surface area contributed by atoms with E-state index in [4.69, 9.17) is 77.9 Å². The van der Waals surface area contributed by atoms with Gasteiger partial charge in [0.15, 0.2) is 18.4 Å². The molecule has 25 heteroatoms. The van der Waals surface area contributed by atoms with E-state index >= 15 is 8.78 Å². The highest BCUT2D eigenvalue weighted by Crippen LogP contribution is 2.41. The predicted molar refractivity (Wildman–Crippen MR) is 379 cm³/mol. The van der Waals surface area contributed by atoms with Crippen LogP contribution in [-0.4, -0.2) is 156 Å². The van der Waals surface area contributed by atoms with E-state index < -0.39 is 119 Å². The number of amides is 2. The number of ether oxygens (including phenoxy) is 15. The fourth-order valence-corrected chi connectivity index (χ4v) is 10.8. The van der Waals surface area contributed by atoms with Gasteiger partial charge in [0.1, 0.15) is 99.7 Å². The van der Waals surface area contributed by atoms with Crippen LogP contribution in [0.15, 0.2) is 109 Å². The number of hydrogen-bond acceptors (Lipinski definition) is 20. The second-order valence-electron chi connectivity index (χ2n) is 27.6. The van der Waals surface area contributed by atoms with Crippen LogP contribution in [0.25, 0.3) is 12.2 Å². The van der Waals surface area contributed by atoms with Gasteiger partial charge in [-0.3, -0.25) is 9.80 Å². The molecule has 4 heterocycles. The maximum Gasteiger partial charge on any atom is 0.414 e. The van der Waals surface area contributed by atoms with Crippen molar-refractivity contribution in [2.24, 2.45) is 11.8 Å². The molecule has 101 heavy (non-hydrogen) atoms. The van der Waals surface area contributed by atoms with E-state index in [1.54, 1.807) is 180 Å². The Morgan fingerprint density at radius 1 is 0.594 bits per heavy atom. The van der Waals surface area contributed by atoms with Crippen LogP contribution in [0.4, 0.5) is 29.7 Å². The molecule has 0 unspecified atom stereocenters. The highest BCUT2D eigenvalue weighted by atomic mass is 35.5. The molecular formula is C76H101ClF2N2O20. The van der Waals surface area contributed by atoms with Gasteiger partial charge in [-0.1, -0.05) is 74.0 Å². The van der Waals surface area contributed by atoms with Crippen LogP contribution in [0.5, 0.6) is 23.0 Å². The number of benzene rings is 4. The fraction of sp³-hybridized carbons (Fsp3) is 0.526. The number of nitrogens with zero attached hydrogens (tertiary/aromatic N) is 2. The van der Waals surface area contributed by atoms with Crippen molar-refractivity contribution in [1.82, 2.24) is 0 Å². The maximum absolute atomic E-state index is 16.3. The number of methoxy groups -OCH3 is 4. The molecule has 0 spiro atoms. The van der Waals surface area contributed by atoms with Gasteiger partial charge >= 0.3 is 24.1 Å². The molecule has 1 N–H and O–H groups in total. The predicted octanol–water partition coefficient (Wildman–Crippen LogP) is 15.8. The third-order valence-electron chi connectivity index (χ3n) is 16.2. The first kappa shape index (κ1) is 82.3. The Labute approximate surface area is 597 Å². The van der Waals surface area contributed by atoms with Crippen LogP contribution >= 0.6 is 11.6 Å². The Bertz CT molecular complexity index is 3550. The molecule has 2 saturated heterocycles. The van der Waals surface area contributed by atoms with Gasteiger partial charge < -0.3 is 76.2 Å². The number of fused-ring (bicyclic) bond motifs is 4. The molecule has 0 bridgehead atoms. The Hall–Kier alpha value is -7.65. The number of phenolic OH excluding ortho intramolecular Hbond substituents is 1. The molecule has 4 aliphatic heterocycles. The number of carbonyl (C=O) groups is 4. The number of carbonyl (C=O) groups excluding carboxylic acids is 4. The molecule has 4 aromatic rings. The van der Waals surface area contributed by atoms with Crippen molar-refractivity contribution in [3.8, 4) is 23.0 Å². The van der Waals surface area contributed by atoms with Gasteiger partial charge in [0.25, 0.3) is 0 Å². The van der Waals surface area contributed by atoms with E-state index in [1.165, 1.54) is 42.2 Å². The van der Waals surface area contributed by atoms with Crippen molar-refractivity contribution in [2.75, 3.05) is 65.2 Å². The molecule has 4 aromatic carbocycles. The van der Waals surface area contributed by atoms with Crippen molar-refractivity contribution < 1.29 is 104 Å². The third-order valence-corrected chi connectivity index (χ3v) is 16.4. The molecule has 556 valence electrons. The quantitative estimate of drug-likeness (QED) is 0.0535. The Morgan fingerprint density at radius 2 is 0.980 bits per heavy atom. The minimum atomic E-state index is -1.13. The van der Waals surface area contributed by atoms with Gasteiger partial charge in [-0.15, -0.1) is 0 Å². The van der Waals surface area contributed by atoms with E-state index in [1.807, 2.05) is 36.4 Å². The van der Waals surface area contributed by atoms with Gasteiger partial charge in [-0.2, -0.15) is 0 Å². The molecule has 2 fully saturated rings. The largest absolute Gasteiger partial charge is 0.507 e. The molecule has 0 aromatic heterocycles. The average Bonchev–Trinajstić information content (AvgIpc) is 1.79. The molecule has 2 amide bonds. The number of alkyl halides is 1. The zero-order valence-corrected chi connectivity index (χ0v) is 62.4. The Balaban J connectivity index is 0.000000302. The number of aromatic hydroxyl groups is 1.